The van der Waals surface area contributed by atoms with Crippen molar-refractivity contribution < 1.29 is 14.7 Å². The van der Waals surface area contributed by atoms with Crippen molar-refractivity contribution in [3.8, 4) is 9.88 Å². The molecule has 0 spiro atoms. The molecule has 3 aromatic rings. The number of aromatic nitrogens is 1. The van der Waals surface area contributed by atoms with Crippen LogP contribution in [0.25, 0.3) is 9.88 Å². The summed E-state index contributed by atoms with van der Waals surface area (Å²) in [7, 11) is 0. The van der Waals surface area contributed by atoms with Crippen LogP contribution in [0.4, 0.5) is 0 Å². The SMILES string of the molecule is Cc1nc(-c2cccs2)sc1C(=O)N1C[C@H](C(=O)O)[C@H](c2ccccc2)C1. The van der Waals surface area contributed by atoms with E-state index in [4.69, 9.17) is 0 Å². The van der Waals surface area contributed by atoms with E-state index in [1.165, 1.54) is 11.3 Å². The molecule has 0 bridgehead atoms. The average molecular weight is 399 g/mol. The lowest BCUT2D eigenvalue weighted by Gasteiger charge is -2.16. The molecule has 4 rings (SSSR count). The van der Waals surface area contributed by atoms with Gasteiger partial charge in [-0.2, -0.15) is 0 Å². The summed E-state index contributed by atoms with van der Waals surface area (Å²) in [5.74, 6) is -1.78. The van der Waals surface area contributed by atoms with Gasteiger partial charge in [-0.3, -0.25) is 9.59 Å². The van der Waals surface area contributed by atoms with Crippen molar-refractivity contribution in [3.63, 3.8) is 0 Å². The van der Waals surface area contributed by atoms with E-state index in [9.17, 15) is 14.7 Å². The minimum absolute atomic E-state index is 0.127. The molecule has 1 saturated heterocycles. The van der Waals surface area contributed by atoms with Gasteiger partial charge < -0.3 is 10.0 Å². The summed E-state index contributed by atoms with van der Waals surface area (Å²) < 4.78 is 0. The van der Waals surface area contributed by atoms with Crippen LogP contribution in [-0.4, -0.2) is 40.0 Å². The molecule has 1 aromatic carbocycles. The van der Waals surface area contributed by atoms with Crippen LogP contribution in [0.5, 0.6) is 0 Å². The molecule has 0 radical (unpaired) electrons. The highest BCUT2D eigenvalue weighted by atomic mass is 32.1. The van der Waals surface area contributed by atoms with Crippen LogP contribution in [0.3, 0.4) is 0 Å². The molecule has 7 heteroatoms. The summed E-state index contributed by atoms with van der Waals surface area (Å²) in [6, 6.07) is 13.5. The second kappa shape index (κ2) is 7.25. The smallest absolute Gasteiger partial charge is 0.308 e. The zero-order chi connectivity index (χ0) is 19.0. The predicted octanol–water partition coefficient (Wildman–Crippen LogP) is 4.12. The van der Waals surface area contributed by atoms with E-state index in [-0.39, 0.29) is 18.4 Å². The van der Waals surface area contributed by atoms with Crippen molar-refractivity contribution in [3.05, 3.63) is 64.0 Å². The Balaban J connectivity index is 1.60. The van der Waals surface area contributed by atoms with Crippen molar-refractivity contribution in [2.24, 2.45) is 5.92 Å². The molecule has 138 valence electrons. The molecule has 5 nitrogen and oxygen atoms in total. The minimum atomic E-state index is -0.862. The molecule has 1 N–H and O–H groups in total. The van der Waals surface area contributed by atoms with Gasteiger partial charge in [0.05, 0.1) is 16.5 Å². The maximum atomic E-state index is 13.1. The van der Waals surface area contributed by atoms with Crippen LogP contribution in [-0.2, 0) is 4.79 Å². The first-order valence-corrected chi connectivity index (χ1v) is 10.3. The van der Waals surface area contributed by atoms with Gasteiger partial charge in [-0.05, 0) is 23.9 Å². The molecule has 1 aliphatic heterocycles. The van der Waals surface area contributed by atoms with Crippen molar-refractivity contribution in [1.82, 2.24) is 9.88 Å². The Bertz CT molecular complexity index is 967. The van der Waals surface area contributed by atoms with E-state index in [2.05, 4.69) is 4.98 Å². The Morgan fingerprint density at radius 3 is 2.59 bits per heavy atom. The Kier molecular flexibility index (Phi) is 4.80. The van der Waals surface area contributed by atoms with Gasteiger partial charge in [0.2, 0.25) is 0 Å². The normalized spacial score (nSPS) is 19.4. The number of carbonyl (C=O) groups excluding carboxylic acids is 1. The molecular formula is C20H18N2O3S2. The van der Waals surface area contributed by atoms with Gasteiger partial charge in [-0.25, -0.2) is 4.98 Å². The number of hydrogen-bond donors (Lipinski definition) is 1. The summed E-state index contributed by atoms with van der Waals surface area (Å²) >= 11 is 2.97. The molecule has 1 aliphatic rings. The number of likely N-dealkylation sites (tertiary alicyclic amines) is 1. The highest BCUT2D eigenvalue weighted by molar-refractivity contribution is 7.22. The molecule has 2 atom stereocenters. The highest BCUT2D eigenvalue weighted by Gasteiger charge is 2.41. The third-order valence-electron chi connectivity index (χ3n) is 4.87. The number of thiophene rings is 1. The van der Waals surface area contributed by atoms with E-state index in [0.29, 0.717) is 17.1 Å². The van der Waals surface area contributed by atoms with Crippen molar-refractivity contribution >= 4 is 34.6 Å². The summed E-state index contributed by atoms with van der Waals surface area (Å²) in [5, 5.41) is 12.5. The topological polar surface area (TPSA) is 70.5 Å². The summed E-state index contributed by atoms with van der Waals surface area (Å²) in [6.07, 6.45) is 0. The lowest BCUT2D eigenvalue weighted by Crippen LogP contribution is -2.29. The number of aryl methyl sites for hydroxylation is 1. The maximum absolute atomic E-state index is 13.1. The van der Waals surface area contributed by atoms with Gasteiger partial charge in [0.15, 0.2) is 0 Å². The van der Waals surface area contributed by atoms with Crippen LogP contribution in [0, 0.1) is 12.8 Å². The number of hydrogen-bond acceptors (Lipinski definition) is 5. The molecule has 0 unspecified atom stereocenters. The van der Waals surface area contributed by atoms with Gasteiger partial charge in [0, 0.05) is 19.0 Å². The average Bonchev–Trinajstić information content (AvgIpc) is 3.41. The van der Waals surface area contributed by atoms with E-state index >= 15 is 0 Å². The first-order chi connectivity index (χ1) is 13.0. The lowest BCUT2D eigenvalue weighted by atomic mass is 9.89. The van der Waals surface area contributed by atoms with Gasteiger partial charge in [-0.15, -0.1) is 22.7 Å². The summed E-state index contributed by atoms with van der Waals surface area (Å²) in [6.45, 7) is 2.46. The third kappa shape index (κ3) is 3.40. The Morgan fingerprint density at radius 1 is 1.15 bits per heavy atom. The Labute approximate surface area is 164 Å². The zero-order valence-corrected chi connectivity index (χ0v) is 16.3. The van der Waals surface area contributed by atoms with E-state index in [0.717, 1.165) is 15.4 Å². The molecule has 27 heavy (non-hydrogen) atoms. The molecule has 0 saturated carbocycles. The molecule has 0 aliphatic carbocycles. The first-order valence-electron chi connectivity index (χ1n) is 8.63. The van der Waals surface area contributed by atoms with Crippen molar-refractivity contribution in [2.75, 3.05) is 13.1 Å². The maximum Gasteiger partial charge on any atom is 0.308 e. The highest BCUT2D eigenvalue weighted by Crippen LogP contribution is 2.36. The van der Waals surface area contributed by atoms with Crippen LogP contribution < -0.4 is 0 Å². The van der Waals surface area contributed by atoms with Crippen LogP contribution in [0.15, 0.2) is 47.8 Å². The first kappa shape index (κ1) is 17.9. The van der Waals surface area contributed by atoms with Gasteiger partial charge in [0.1, 0.15) is 9.88 Å². The van der Waals surface area contributed by atoms with Crippen molar-refractivity contribution in [1.29, 1.82) is 0 Å². The number of carbonyl (C=O) groups is 2. The Hall–Kier alpha value is -2.51. The largest absolute Gasteiger partial charge is 0.481 e. The zero-order valence-electron chi connectivity index (χ0n) is 14.7. The van der Waals surface area contributed by atoms with Crippen LogP contribution in [0.2, 0.25) is 0 Å². The number of rotatable bonds is 4. The molecule has 2 aromatic heterocycles. The van der Waals surface area contributed by atoms with Crippen LogP contribution >= 0.6 is 22.7 Å². The van der Waals surface area contributed by atoms with E-state index in [1.807, 2.05) is 54.8 Å². The molecule has 1 amide bonds. The summed E-state index contributed by atoms with van der Waals surface area (Å²) in [5.41, 5.74) is 1.66. The van der Waals surface area contributed by atoms with Gasteiger partial charge >= 0.3 is 5.97 Å². The number of carboxylic acid groups (broad SMARTS) is 1. The van der Waals surface area contributed by atoms with E-state index < -0.39 is 11.9 Å². The number of carboxylic acids is 1. The second-order valence-electron chi connectivity index (χ2n) is 6.58. The molecular weight excluding hydrogens is 380 g/mol. The number of thiazole rings is 1. The fourth-order valence-electron chi connectivity index (χ4n) is 3.50. The minimum Gasteiger partial charge on any atom is -0.481 e. The molecule has 3 heterocycles. The standard InChI is InChI=1S/C20H18N2O3S2/c1-12-17(27-18(21-12)16-8-5-9-26-16)19(23)22-10-14(15(11-22)20(24)25)13-6-3-2-4-7-13/h2-9,14-15H,10-11H2,1H3,(H,24,25)/t14-,15-/m0/s1. The molecule has 1 fully saturated rings. The van der Waals surface area contributed by atoms with E-state index in [1.54, 1.807) is 16.2 Å². The van der Waals surface area contributed by atoms with Gasteiger partial charge in [-0.1, -0.05) is 36.4 Å². The van der Waals surface area contributed by atoms with Crippen LogP contribution in [0.1, 0.15) is 26.8 Å². The fraction of sp³-hybridized carbons (Fsp3) is 0.250. The fourth-order valence-corrected chi connectivity index (χ4v) is 5.33. The van der Waals surface area contributed by atoms with Crippen molar-refractivity contribution in [2.45, 2.75) is 12.8 Å². The predicted molar refractivity (Wildman–Crippen MR) is 106 cm³/mol. The number of amides is 1. The number of aliphatic carboxylic acids is 1. The Morgan fingerprint density at radius 2 is 1.93 bits per heavy atom. The quantitative estimate of drug-likeness (QED) is 0.718. The second-order valence-corrected chi connectivity index (χ2v) is 8.53. The van der Waals surface area contributed by atoms with Gasteiger partial charge in [0.25, 0.3) is 5.91 Å². The third-order valence-corrected chi connectivity index (χ3v) is 7.06. The number of benzene rings is 1. The number of nitrogens with zero attached hydrogens (tertiary/aromatic N) is 2. The lowest BCUT2D eigenvalue weighted by molar-refractivity contribution is -0.141. The monoisotopic (exact) mass is 398 g/mol. The summed E-state index contributed by atoms with van der Waals surface area (Å²) in [4.78, 5) is 32.7.